The van der Waals surface area contributed by atoms with Gasteiger partial charge >= 0.3 is 0 Å². The number of ketones is 1. The molecular formula is C21H29ClN2O. The van der Waals surface area contributed by atoms with E-state index in [4.69, 9.17) is 11.6 Å². The highest BCUT2D eigenvalue weighted by atomic mass is 35.5. The number of nitrogens with one attached hydrogen (secondary N) is 1. The number of fused-ring (bicyclic) bond motifs is 1. The number of halogens is 1. The fourth-order valence-corrected chi connectivity index (χ4v) is 4.41. The molecule has 136 valence electrons. The SMILES string of the molecule is CN(C)c1cc2c(cc1Cl)CC(C)(C)N/C2=C\C(=O)C1CCCCC1. The maximum atomic E-state index is 12.8. The van der Waals surface area contributed by atoms with Gasteiger partial charge in [0.1, 0.15) is 0 Å². The molecule has 0 amide bonds. The molecule has 0 atom stereocenters. The quantitative estimate of drug-likeness (QED) is 0.784. The first-order chi connectivity index (χ1) is 11.8. The van der Waals surface area contributed by atoms with E-state index in [0.29, 0.717) is 0 Å². The van der Waals surface area contributed by atoms with Crippen LogP contribution in [0.4, 0.5) is 5.69 Å². The van der Waals surface area contributed by atoms with E-state index in [2.05, 4.69) is 31.3 Å². The zero-order valence-corrected chi connectivity index (χ0v) is 16.5. The lowest BCUT2D eigenvalue weighted by Crippen LogP contribution is -2.44. The number of nitrogens with zero attached hydrogens (tertiary/aromatic N) is 1. The van der Waals surface area contributed by atoms with Crippen molar-refractivity contribution in [1.82, 2.24) is 5.32 Å². The van der Waals surface area contributed by atoms with E-state index in [0.717, 1.165) is 41.2 Å². The second-order valence-corrected chi connectivity index (χ2v) is 8.74. The number of allylic oxidation sites excluding steroid dienone is 1. The first-order valence-electron chi connectivity index (χ1n) is 9.31. The zero-order valence-electron chi connectivity index (χ0n) is 15.8. The largest absolute Gasteiger partial charge is 0.379 e. The van der Waals surface area contributed by atoms with Gasteiger partial charge < -0.3 is 10.2 Å². The van der Waals surface area contributed by atoms with E-state index in [-0.39, 0.29) is 17.2 Å². The summed E-state index contributed by atoms with van der Waals surface area (Å²) in [6.07, 6.45) is 8.42. The molecule has 4 heteroatoms. The van der Waals surface area contributed by atoms with Crippen molar-refractivity contribution in [1.29, 1.82) is 0 Å². The molecule has 0 unspecified atom stereocenters. The van der Waals surface area contributed by atoms with Gasteiger partial charge in [0.25, 0.3) is 0 Å². The maximum Gasteiger partial charge on any atom is 0.160 e. The van der Waals surface area contributed by atoms with Gasteiger partial charge in [0.2, 0.25) is 0 Å². The fourth-order valence-electron chi connectivity index (χ4n) is 4.06. The lowest BCUT2D eigenvalue weighted by molar-refractivity contribution is -0.119. The molecule has 1 heterocycles. The number of rotatable bonds is 3. The summed E-state index contributed by atoms with van der Waals surface area (Å²) in [4.78, 5) is 14.8. The van der Waals surface area contributed by atoms with Crippen LogP contribution in [0.1, 0.15) is 57.1 Å². The van der Waals surface area contributed by atoms with Gasteiger partial charge in [0.05, 0.1) is 10.7 Å². The predicted octanol–water partition coefficient (Wildman–Crippen LogP) is 4.82. The van der Waals surface area contributed by atoms with Crippen molar-refractivity contribution in [3.8, 4) is 0 Å². The molecule has 1 fully saturated rings. The number of hydrogen-bond donors (Lipinski definition) is 1. The average molecular weight is 361 g/mol. The monoisotopic (exact) mass is 360 g/mol. The topological polar surface area (TPSA) is 32.3 Å². The predicted molar refractivity (Wildman–Crippen MR) is 106 cm³/mol. The van der Waals surface area contributed by atoms with Gasteiger partial charge in [-0.2, -0.15) is 0 Å². The van der Waals surface area contributed by atoms with Crippen LogP contribution >= 0.6 is 11.6 Å². The minimum Gasteiger partial charge on any atom is -0.379 e. The van der Waals surface area contributed by atoms with Crippen molar-refractivity contribution >= 4 is 28.8 Å². The summed E-state index contributed by atoms with van der Waals surface area (Å²) in [6.45, 7) is 4.34. The van der Waals surface area contributed by atoms with Crippen LogP contribution in [0.3, 0.4) is 0 Å². The minimum absolute atomic E-state index is 0.0887. The Balaban J connectivity index is 2.00. The van der Waals surface area contributed by atoms with Crippen LogP contribution in [0.25, 0.3) is 5.70 Å². The van der Waals surface area contributed by atoms with Gasteiger partial charge in [-0.05, 0) is 50.8 Å². The van der Waals surface area contributed by atoms with Crippen LogP contribution in [-0.4, -0.2) is 25.4 Å². The molecule has 1 saturated carbocycles. The second kappa shape index (κ2) is 7.03. The van der Waals surface area contributed by atoms with E-state index < -0.39 is 0 Å². The van der Waals surface area contributed by atoms with Gasteiger partial charge in [-0.25, -0.2) is 0 Å². The molecule has 0 radical (unpaired) electrons. The number of carbonyl (C=O) groups is 1. The first-order valence-corrected chi connectivity index (χ1v) is 9.68. The summed E-state index contributed by atoms with van der Waals surface area (Å²) in [6, 6.07) is 4.17. The van der Waals surface area contributed by atoms with E-state index in [1.807, 2.05) is 25.1 Å². The molecule has 1 aliphatic heterocycles. The average Bonchev–Trinajstić information content (AvgIpc) is 2.53. The number of benzene rings is 1. The van der Waals surface area contributed by atoms with Gasteiger partial charge in [-0.15, -0.1) is 0 Å². The van der Waals surface area contributed by atoms with Crippen molar-refractivity contribution in [2.75, 3.05) is 19.0 Å². The molecule has 3 nitrogen and oxygen atoms in total. The normalized spacial score (nSPS) is 21.6. The minimum atomic E-state index is -0.0887. The summed E-state index contributed by atoms with van der Waals surface area (Å²) in [5.41, 5.74) is 4.16. The molecule has 3 rings (SSSR count). The fraction of sp³-hybridized carbons (Fsp3) is 0.571. The van der Waals surface area contributed by atoms with Crippen LogP contribution in [0.15, 0.2) is 18.2 Å². The van der Waals surface area contributed by atoms with E-state index in [1.165, 1.54) is 24.8 Å². The lowest BCUT2D eigenvalue weighted by atomic mass is 9.83. The molecule has 25 heavy (non-hydrogen) atoms. The summed E-state index contributed by atoms with van der Waals surface area (Å²) in [7, 11) is 3.98. The Hall–Kier alpha value is -1.48. The van der Waals surface area contributed by atoms with Crippen molar-refractivity contribution in [2.45, 2.75) is 57.9 Å². The van der Waals surface area contributed by atoms with Gasteiger partial charge in [-0.1, -0.05) is 30.9 Å². The highest BCUT2D eigenvalue weighted by Gasteiger charge is 2.30. The summed E-state index contributed by atoms with van der Waals surface area (Å²) in [5, 5.41) is 4.35. The Bertz CT molecular complexity index is 700. The molecule has 0 bridgehead atoms. The Labute approximate surface area is 156 Å². The molecule has 1 N–H and O–H groups in total. The summed E-state index contributed by atoms with van der Waals surface area (Å²) >= 11 is 6.48. The molecular weight excluding hydrogens is 332 g/mol. The second-order valence-electron chi connectivity index (χ2n) is 8.34. The molecule has 1 aliphatic carbocycles. The van der Waals surface area contributed by atoms with Crippen LogP contribution in [0, 0.1) is 5.92 Å². The third kappa shape index (κ3) is 4.03. The van der Waals surface area contributed by atoms with Crippen molar-refractivity contribution < 1.29 is 4.79 Å². The van der Waals surface area contributed by atoms with Crippen LogP contribution < -0.4 is 10.2 Å². The highest BCUT2D eigenvalue weighted by molar-refractivity contribution is 6.33. The molecule has 1 aromatic carbocycles. The number of hydrogen-bond acceptors (Lipinski definition) is 3. The lowest BCUT2D eigenvalue weighted by Gasteiger charge is -2.36. The molecule has 0 spiro atoms. The van der Waals surface area contributed by atoms with Crippen LogP contribution in [0.2, 0.25) is 5.02 Å². The standard InChI is InChI=1S/C21H29ClN2O/c1-21(2)13-15-10-17(22)19(24(3)4)11-16(15)18(23-21)12-20(25)14-8-6-5-7-9-14/h10-12,14,23H,5-9,13H2,1-4H3/b18-12-. The van der Waals surface area contributed by atoms with Crippen molar-refractivity contribution in [2.24, 2.45) is 5.92 Å². The zero-order chi connectivity index (χ0) is 18.2. The Morgan fingerprint density at radius 2 is 1.92 bits per heavy atom. The Morgan fingerprint density at radius 3 is 2.56 bits per heavy atom. The van der Waals surface area contributed by atoms with Crippen molar-refractivity contribution in [3.05, 3.63) is 34.4 Å². The maximum absolute atomic E-state index is 12.8. The summed E-state index contributed by atoms with van der Waals surface area (Å²) < 4.78 is 0. The molecule has 0 aromatic heterocycles. The third-order valence-corrected chi connectivity index (χ3v) is 5.65. The van der Waals surface area contributed by atoms with Gasteiger partial charge in [0, 0.05) is 42.9 Å². The van der Waals surface area contributed by atoms with E-state index in [1.54, 1.807) is 0 Å². The highest BCUT2D eigenvalue weighted by Crippen LogP contribution is 2.37. The van der Waals surface area contributed by atoms with Gasteiger partial charge in [0.15, 0.2) is 5.78 Å². The van der Waals surface area contributed by atoms with Crippen LogP contribution in [0.5, 0.6) is 0 Å². The smallest absolute Gasteiger partial charge is 0.160 e. The first kappa shape index (κ1) is 18.3. The molecule has 0 saturated heterocycles. The third-order valence-electron chi connectivity index (χ3n) is 5.34. The number of carbonyl (C=O) groups excluding carboxylic acids is 1. The Morgan fingerprint density at radius 1 is 1.24 bits per heavy atom. The van der Waals surface area contributed by atoms with E-state index in [9.17, 15) is 4.79 Å². The summed E-state index contributed by atoms with van der Waals surface area (Å²) in [5.74, 6) is 0.462. The molecule has 2 aliphatic rings. The molecule has 1 aromatic rings. The number of anilines is 1. The van der Waals surface area contributed by atoms with Gasteiger partial charge in [-0.3, -0.25) is 4.79 Å². The van der Waals surface area contributed by atoms with Crippen LogP contribution in [-0.2, 0) is 11.2 Å². The Kier molecular flexibility index (Phi) is 5.15. The van der Waals surface area contributed by atoms with Crippen molar-refractivity contribution in [3.63, 3.8) is 0 Å². The van der Waals surface area contributed by atoms with E-state index >= 15 is 0 Å².